The van der Waals surface area contributed by atoms with Gasteiger partial charge < -0.3 is 8.98 Å². The fraction of sp³-hybridized carbons (Fsp3) is 0.279. The average Bonchev–Trinajstić information content (AvgIpc) is 4.11. The molecular formula is C68H66IrN4O-2. The fourth-order valence-corrected chi connectivity index (χ4v) is 10.7. The van der Waals surface area contributed by atoms with Gasteiger partial charge in [-0.1, -0.05) is 153 Å². The zero-order chi connectivity index (χ0) is 54.2. The predicted octanol–water partition coefficient (Wildman–Crippen LogP) is 18.8. The molecule has 0 unspecified atom stereocenters. The second-order valence-electron chi connectivity index (χ2n) is 22.5. The summed E-state index contributed by atoms with van der Waals surface area (Å²) in [5.41, 5.74) is 13.9. The van der Waals surface area contributed by atoms with Gasteiger partial charge in [0.1, 0.15) is 5.58 Å². The number of rotatable bonds is 7. The Morgan fingerprint density at radius 3 is 2.14 bits per heavy atom. The predicted molar refractivity (Wildman–Crippen MR) is 306 cm³/mol. The molecule has 375 valence electrons. The Labute approximate surface area is 456 Å². The van der Waals surface area contributed by atoms with Crippen molar-refractivity contribution in [2.75, 3.05) is 0 Å². The van der Waals surface area contributed by atoms with E-state index in [-0.39, 0.29) is 42.9 Å². The van der Waals surface area contributed by atoms with Gasteiger partial charge in [0.15, 0.2) is 0 Å². The molecular weight excluding hydrogens is 1080 g/mol. The van der Waals surface area contributed by atoms with Crippen LogP contribution < -0.4 is 0 Å². The van der Waals surface area contributed by atoms with Crippen LogP contribution in [0.25, 0.3) is 94.1 Å². The van der Waals surface area contributed by atoms with Gasteiger partial charge in [-0.3, -0.25) is 15.0 Å². The quantitative estimate of drug-likeness (QED) is 0.118. The summed E-state index contributed by atoms with van der Waals surface area (Å²) < 4.78 is 40.7. The van der Waals surface area contributed by atoms with Crippen LogP contribution in [-0.2, 0) is 25.5 Å². The summed E-state index contributed by atoms with van der Waals surface area (Å²) in [5, 5.41) is 6.98. The molecule has 0 amide bonds. The van der Waals surface area contributed by atoms with Crippen LogP contribution in [0.5, 0.6) is 0 Å². The van der Waals surface area contributed by atoms with E-state index in [4.69, 9.17) is 13.5 Å². The largest absolute Gasteiger partial charge is 0.501 e. The maximum absolute atomic E-state index is 9.39. The Balaban J connectivity index is 0.000000277. The number of hydrogen-bond donors (Lipinski definition) is 0. The summed E-state index contributed by atoms with van der Waals surface area (Å²) in [6.07, 6.45) is 5.73. The van der Waals surface area contributed by atoms with Crippen LogP contribution in [0.15, 0.2) is 156 Å². The van der Waals surface area contributed by atoms with Crippen molar-refractivity contribution in [3.8, 4) is 39.6 Å². The molecule has 12 rings (SSSR count). The number of aromatic nitrogens is 4. The van der Waals surface area contributed by atoms with Crippen molar-refractivity contribution in [1.82, 2.24) is 19.5 Å². The first-order chi connectivity index (χ1) is 36.7. The molecule has 0 atom stereocenters. The molecule has 1 fully saturated rings. The van der Waals surface area contributed by atoms with E-state index in [0.717, 1.165) is 81.3 Å². The first-order valence-electron chi connectivity index (χ1n) is 28.0. The minimum Gasteiger partial charge on any atom is -0.501 e. The topological polar surface area (TPSA) is 56.7 Å². The number of furan rings is 1. The molecule has 0 bridgehead atoms. The molecule has 0 spiro atoms. The molecule has 3 aromatic heterocycles. The molecule has 1 saturated carbocycles. The van der Waals surface area contributed by atoms with Crippen LogP contribution >= 0.6 is 0 Å². The van der Waals surface area contributed by atoms with Crippen molar-refractivity contribution in [3.05, 3.63) is 192 Å². The van der Waals surface area contributed by atoms with Gasteiger partial charge in [-0.25, -0.2) is 0 Å². The number of fused-ring (bicyclic) bond motifs is 7. The Morgan fingerprint density at radius 1 is 0.716 bits per heavy atom. The van der Waals surface area contributed by atoms with Crippen LogP contribution in [0.1, 0.15) is 139 Å². The monoisotopic (exact) mass is 1150 g/mol. The zero-order valence-corrected chi connectivity index (χ0v) is 46.3. The van der Waals surface area contributed by atoms with Crippen molar-refractivity contribution in [2.45, 2.75) is 118 Å². The van der Waals surface area contributed by atoms with Crippen LogP contribution in [0.4, 0.5) is 0 Å². The Hall–Kier alpha value is -6.72. The molecule has 1 aliphatic carbocycles. The van der Waals surface area contributed by atoms with Gasteiger partial charge >= 0.3 is 0 Å². The van der Waals surface area contributed by atoms with E-state index < -0.39 is 12.7 Å². The molecule has 6 heteroatoms. The smallest absolute Gasteiger partial charge is 0.121 e. The van der Waals surface area contributed by atoms with Gasteiger partial charge in [0, 0.05) is 54.0 Å². The second kappa shape index (κ2) is 20.2. The van der Waals surface area contributed by atoms with Gasteiger partial charge in [0.2, 0.25) is 0 Å². The summed E-state index contributed by atoms with van der Waals surface area (Å²) in [5.74, 6) is 1.36. The first kappa shape index (κ1) is 45.9. The number of nitrogens with zero attached hydrogens (tertiary/aromatic N) is 4. The molecule has 3 heterocycles. The number of aryl methyl sites for hydroxylation is 1. The summed E-state index contributed by atoms with van der Waals surface area (Å²) in [4.78, 5) is 14.1. The molecule has 11 aromatic rings. The van der Waals surface area contributed by atoms with Gasteiger partial charge in [-0.15, -0.1) is 53.6 Å². The van der Waals surface area contributed by atoms with Crippen molar-refractivity contribution < 1.29 is 30.0 Å². The van der Waals surface area contributed by atoms with Crippen LogP contribution in [0.3, 0.4) is 0 Å². The third-order valence-electron chi connectivity index (χ3n) is 15.0. The van der Waals surface area contributed by atoms with Crippen molar-refractivity contribution in [1.29, 1.82) is 0 Å². The second-order valence-corrected chi connectivity index (χ2v) is 22.5. The normalized spacial score (nSPS) is 15.4. The summed E-state index contributed by atoms with van der Waals surface area (Å²) in [6.45, 7) is 18.0. The maximum Gasteiger partial charge on any atom is 0.121 e. The van der Waals surface area contributed by atoms with E-state index in [0.29, 0.717) is 16.8 Å². The number of hydrogen-bond acceptors (Lipinski definition) is 4. The Morgan fingerprint density at radius 2 is 1.43 bits per heavy atom. The van der Waals surface area contributed by atoms with E-state index in [1.165, 1.54) is 55.6 Å². The van der Waals surface area contributed by atoms with E-state index in [2.05, 4.69) is 204 Å². The van der Waals surface area contributed by atoms with E-state index in [1.54, 1.807) is 18.3 Å². The molecule has 74 heavy (non-hydrogen) atoms. The van der Waals surface area contributed by atoms with Gasteiger partial charge in [0.25, 0.3) is 0 Å². The zero-order valence-electron chi connectivity index (χ0n) is 47.9. The van der Waals surface area contributed by atoms with E-state index in [1.807, 2.05) is 12.1 Å². The standard InChI is InChI=1S/C53H49N2O.C15H17N2.Ir/c1-32(2)43-29-39(35-20-18-34(19-21-35)36-24-26-53(5,6)27-25-36)30-44(33(3)4)50(43)55-48-17-10-9-16-47(48)54-52(55)42-15-11-14-41-46-28-38-23-22-37-12-7-8-13-40(37)45(38)31-49(46)56-51(41)42;1-11-5-7-12(8-6-11)14-16-10-9-13(17-14)15(2,3)4;/h7-14,16-23,28-33,36H,24-27H2,1-6H3;5-7,9-10H,1-4H3;/q2*-1;/i36D;1D3;. The molecule has 5 nitrogen and oxygen atoms in total. The average molecular weight is 1150 g/mol. The minimum atomic E-state index is -2.11. The molecule has 1 radical (unpaired) electrons. The summed E-state index contributed by atoms with van der Waals surface area (Å²) >= 11 is 0. The van der Waals surface area contributed by atoms with Crippen LogP contribution in [-0.4, -0.2) is 19.5 Å². The maximum atomic E-state index is 9.39. The minimum absolute atomic E-state index is 0. The van der Waals surface area contributed by atoms with Crippen molar-refractivity contribution in [2.24, 2.45) is 5.41 Å². The van der Waals surface area contributed by atoms with Gasteiger partial charge in [0.05, 0.1) is 28.3 Å². The fourth-order valence-electron chi connectivity index (χ4n) is 10.7. The molecule has 0 N–H and O–H groups in total. The Bertz CT molecular complexity index is 3970. The van der Waals surface area contributed by atoms with Gasteiger partial charge in [-0.05, 0) is 141 Å². The third kappa shape index (κ3) is 9.76. The van der Waals surface area contributed by atoms with Crippen LogP contribution in [0, 0.1) is 24.4 Å². The van der Waals surface area contributed by atoms with Gasteiger partial charge in [-0.2, -0.15) is 0 Å². The third-order valence-corrected chi connectivity index (χ3v) is 15.0. The summed E-state index contributed by atoms with van der Waals surface area (Å²) in [6, 6.07) is 57.0. The molecule has 1 aliphatic rings. The van der Waals surface area contributed by atoms with Crippen molar-refractivity contribution >= 4 is 54.5 Å². The molecule has 8 aromatic carbocycles. The molecule has 0 aliphatic heterocycles. The summed E-state index contributed by atoms with van der Waals surface area (Å²) in [7, 11) is 0. The number of benzene rings is 8. The van der Waals surface area contributed by atoms with E-state index in [9.17, 15) is 1.37 Å². The van der Waals surface area contributed by atoms with E-state index >= 15 is 0 Å². The van der Waals surface area contributed by atoms with Crippen LogP contribution in [0.2, 0.25) is 0 Å². The first-order valence-corrected chi connectivity index (χ1v) is 26.0. The Kier molecular flexibility index (Phi) is 12.5. The molecule has 0 saturated heterocycles. The van der Waals surface area contributed by atoms with Crippen molar-refractivity contribution in [3.63, 3.8) is 0 Å². The number of imidazole rings is 1. The number of para-hydroxylation sites is 2. The SMILES string of the molecule is [2H]C([2H])([2H])c1c[c-]c(-c2nccc(C(C)(C)C)n2)cc1.[2H]C1(c2ccc(-c3cc(C(C)C)c(-n4c(-c5[c-]ccc6c5oc5cc7c(ccc8ccccc87)cc56)nc5ccccc54)c(C(C)C)c3)cc2)CCC(C)(C)CC1.[Ir].